The van der Waals surface area contributed by atoms with E-state index in [1.807, 2.05) is 0 Å². The van der Waals surface area contributed by atoms with E-state index in [0.717, 1.165) is 4.90 Å². The van der Waals surface area contributed by atoms with Crippen LogP contribution in [0, 0.1) is 5.92 Å². The van der Waals surface area contributed by atoms with Gasteiger partial charge in [0.25, 0.3) is 0 Å². The molecule has 1 aromatic rings. The van der Waals surface area contributed by atoms with Crippen LogP contribution in [0.3, 0.4) is 0 Å². The molecule has 18 heavy (non-hydrogen) atoms. The molecule has 3 amide bonds. The maximum absolute atomic E-state index is 12.2. The van der Waals surface area contributed by atoms with Crippen LogP contribution in [0.25, 0.3) is 0 Å². The van der Waals surface area contributed by atoms with Crippen LogP contribution in [0.4, 0.5) is 10.5 Å². The van der Waals surface area contributed by atoms with Crippen LogP contribution < -0.4 is 10.6 Å². The van der Waals surface area contributed by atoms with Crippen LogP contribution in [0.2, 0.25) is 0 Å². The van der Waals surface area contributed by atoms with Gasteiger partial charge in [-0.05, 0) is 11.6 Å². The first-order valence-electron chi connectivity index (χ1n) is 5.71. The highest BCUT2D eigenvalue weighted by molar-refractivity contribution is 6.27. The van der Waals surface area contributed by atoms with E-state index in [9.17, 15) is 14.4 Å². The van der Waals surface area contributed by atoms with Crippen LogP contribution in [0.5, 0.6) is 0 Å². The number of amides is 3. The Morgan fingerprint density at radius 1 is 1.28 bits per heavy atom. The Morgan fingerprint density at radius 2 is 1.89 bits per heavy atom. The Morgan fingerprint density at radius 3 is 2.44 bits per heavy atom. The predicted octanol–water partition coefficient (Wildman–Crippen LogP) is 1.42. The molecule has 1 aliphatic rings. The molecule has 0 fully saturated rings. The number of hydrogen-bond donors (Lipinski definition) is 1. The average Bonchev–Trinajstić information content (AvgIpc) is 2.60. The molecule has 94 valence electrons. The monoisotopic (exact) mass is 246 g/mol. The number of carbonyl (C=O) groups is 3. The van der Waals surface area contributed by atoms with E-state index in [2.05, 4.69) is 0 Å². The van der Waals surface area contributed by atoms with Gasteiger partial charge in [0, 0.05) is 5.92 Å². The van der Waals surface area contributed by atoms with Gasteiger partial charge < -0.3 is 5.73 Å². The minimum atomic E-state index is -0.909. The summed E-state index contributed by atoms with van der Waals surface area (Å²) in [5.41, 5.74) is 6.16. The molecule has 0 aromatic heterocycles. The Bertz CT molecular complexity index is 537. The first-order chi connectivity index (χ1) is 8.45. The maximum Gasteiger partial charge on any atom is 0.326 e. The van der Waals surface area contributed by atoms with Gasteiger partial charge in [-0.2, -0.15) is 0 Å². The number of Topliss-reactive ketones (excluding diaryl/α,β-unsaturated/α-hetero) is 1. The second-order valence-corrected chi connectivity index (χ2v) is 4.56. The van der Waals surface area contributed by atoms with Crippen molar-refractivity contribution in [2.75, 3.05) is 4.90 Å². The predicted molar refractivity (Wildman–Crippen MR) is 66.1 cm³/mol. The van der Waals surface area contributed by atoms with Crippen LogP contribution in [-0.2, 0) is 9.59 Å². The largest absolute Gasteiger partial charge is 0.351 e. The zero-order valence-corrected chi connectivity index (χ0v) is 10.2. The first kappa shape index (κ1) is 12.3. The highest BCUT2D eigenvalue weighted by Gasteiger charge is 2.44. The van der Waals surface area contributed by atoms with Crippen molar-refractivity contribution in [2.45, 2.75) is 19.8 Å². The number of benzene rings is 1. The molecule has 1 unspecified atom stereocenters. The molecular formula is C13H14N2O3. The normalized spacial score (nSPS) is 18.1. The smallest absolute Gasteiger partial charge is 0.326 e. The summed E-state index contributed by atoms with van der Waals surface area (Å²) < 4.78 is 0. The summed E-state index contributed by atoms with van der Waals surface area (Å²) in [6.07, 6.45) is 0. The molecule has 5 nitrogen and oxygen atoms in total. The van der Waals surface area contributed by atoms with Gasteiger partial charge in [0.1, 0.15) is 5.92 Å². The van der Waals surface area contributed by atoms with Gasteiger partial charge in [-0.25, -0.2) is 9.69 Å². The third kappa shape index (κ3) is 1.68. The fourth-order valence-electron chi connectivity index (χ4n) is 2.15. The van der Waals surface area contributed by atoms with E-state index in [1.165, 1.54) is 0 Å². The lowest BCUT2D eigenvalue weighted by Crippen LogP contribution is -2.40. The summed E-state index contributed by atoms with van der Waals surface area (Å²) in [6, 6.07) is 5.88. The maximum atomic E-state index is 12.2. The summed E-state index contributed by atoms with van der Waals surface area (Å²) in [5.74, 6) is -1.94. The van der Waals surface area contributed by atoms with Gasteiger partial charge in [0.05, 0.1) is 5.69 Å². The lowest BCUT2D eigenvalue weighted by atomic mass is 9.90. The van der Waals surface area contributed by atoms with Crippen molar-refractivity contribution >= 4 is 23.4 Å². The van der Waals surface area contributed by atoms with Gasteiger partial charge in [-0.3, -0.25) is 9.59 Å². The van der Waals surface area contributed by atoms with Crippen LogP contribution in [-0.4, -0.2) is 17.7 Å². The minimum absolute atomic E-state index is 0.198. The van der Waals surface area contributed by atoms with Gasteiger partial charge in [-0.15, -0.1) is 0 Å². The molecule has 0 spiro atoms. The topological polar surface area (TPSA) is 80.5 Å². The zero-order valence-electron chi connectivity index (χ0n) is 10.2. The number of nitrogens with zero attached hydrogens (tertiary/aromatic N) is 1. The second-order valence-electron chi connectivity index (χ2n) is 4.56. The number of rotatable bonds is 2. The van der Waals surface area contributed by atoms with Crippen molar-refractivity contribution in [1.29, 1.82) is 0 Å². The number of primary amides is 1. The number of carbonyl (C=O) groups excluding carboxylic acids is 3. The van der Waals surface area contributed by atoms with Crippen molar-refractivity contribution in [3.8, 4) is 0 Å². The minimum Gasteiger partial charge on any atom is -0.351 e. The first-order valence-corrected chi connectivity index (χ1v) is 5.71. The number of anilines is 1. The molecule has 1 aliphatic heterocycles. The lowest BCUT2D eigenvalue weighted by Gasteiger charge is -2.13. The summed E-state index contributed by atoms with van der Waals surface area (Å²) in [5, 5.41) is 0. The molecule has 5 heteroatoms. The van der Waals surface area contributed by atoms with E-state index < -0.39 is 17.9 Å². The van der Waals surface area contributed by atoms with Gasteiger partial charge in [-0.1, -0.05) is 32.0 Å². The third-order valence-corrected chi connectivity index (χ3v) is 3.03. The van der Waals surface area contributed by atoms with Crippen molar-refractivity contribution < 1.29 is 14.4 Å². The number of urea groups is 1. The number of imide groups is 1. The standard InChI is InChI=1S/C13H14N2O3/c1-7(2)11(16)10-8-5-3-4-6-9(8)15(12(10)17)13(14)18/h3-7,10H,1-2H3,(H2,14,18). The Hall–Kier alpha value is -2.17. The molecule has 1 heterocycles. The lowest BCUT2D eigenvalue weighted by molar-refractivity contribution is -0.129. The molecule has 2 rings (SSSR count). The molecule has 2 N–H and O–H groups in total. The molecule has 0 saturated heterocycles. The van der Waals surface area contributed by atoms with Crippen molar-refractivity contribution in [1.82, 2.24) is 0 Å². The van der Waals surface area contributed by atoms with Gasteiger partial charge in [0.15, 0.2) is 5.78 Å². The van der Waals surface area contributed by atoms with E-state index in [-0.39, 0.29) is 11.7 Å². The third-order valence-electron chi connectivity index (χ3n) is 3.03. The number of nitrogens with two attached hydrogens (primary N) is 1. The zero-order chi connectivity index (χ0) is 13.4. The Labute approximate surface area is 105 Å². The van der Waals surface area contributed by atoms with Crippen LogP contribution in [0.15, 0.2) is 24.3 Å². The second kappa shape index (κ2) is 4.25. The average molecular weight is 246 g/mol. The fraction of sp³-hybridized carbons (Fsp3) is 0.308. The molecule has 1 aromatic carbocycles. The van der Waals surface area contributed by atoms with E-state index in [1.54, 1.807) is 38.1 Å². The fourth-order valence-corrected chi connectivity index (χ4v) is 2.15. The molecule has 0 bridgehead atoms. The number of hydrogen-bond acceptors (Lipinski definition) is 3. The summed E-state index contributed by atoms with van der Waals surface area (Å²) in [7, 11) is 0. The SMILES string of the molecule is CC(C)C(=O)C1C(=O)N(C(N)=O)c2ccccc21. The van der Waals surface area contributed by atoms with E-state index in [0.29, 0.717) is 11.3 Å². The molecule has 0 radical (unpaired) electrons. The Balaban J connectivity index is 2.55. The van der Waals surface area contributed by atoms with Crippen molar-refractivity contribution in [2.24, 2.45) is 11.7 Å². The quantitative estimate of drug-likeness (QED) is 0.801. The molecule has 0 aliphatic carbocycles. The van der Waals surface area contributed by atoms with E-state index in [4.69, 9.17) is 5.73 Å². The summed E-state index contributed by atoms with van der Waals surface area (Å²) in [4.78, 5) is 36.4. The van der Waals surface area contributed by atoms with Crippen LogP contribution >= 0.6 is 0 Å². The van der Waals surface area contributed by atoms with Crippen molar-refractivity contribution in [3.05, 3.63) is 29.8 Å². The number of para-hydroxylation sites is 1. The number of ketones is 1. The molecule has 0 saturated carbocycles. The summed E-state index contributed by atoms with van der Waals surface area (Å²) in [6.45, 7) is 3.45. The highest BCUT2D eigenvalue weighted by Crippen LogP contribution is 2.38. The van der Waals surface area contributed by atoms with Crippen LogP contribution in [0.1, 0.15) is 25.3 Å². The molecular weight excluding hydrogens is 232 g/mol. The Kier molecular flexibility index (Phi) is 2.90. The van der Waals surface area contributed by atoms with Crippen molar-refractivity contribution in [3.63, 3.8) is 0 Å². The highest BCUT2D eigenvalue weighted by atomic mass is 16.2. The molecule has 1 atom stereocenters. The number of fused-ring (bicyclic) bond motifs is 1. The summed E-state index contributed by atoms with van der Waals surface area (Å²) >= 11 is 0. The van der Waals surface area contributed by atoms with Gasteiger partial charge >= 0.3 is 6.03 Å². The van der Waals surface area contributed by atoms with Gasteiger partial charge in [0.2, 0.25) is 5.91 Å². The van der Waals surface area contributed by atoms with E-state index >= 15 is 0 Å².